The van der Waals surface area contributed by atoms with Crippen molar-refractivity contribution >= 4 is 39.0 Å². The number of hydrogen-bond donors (Lipinski definition) is 0. The van der Waals surface area contributed by atoms with Crippen LogP contribution in [-0.4, -0.2) is 16.0 Å². The third kappa shape index (κ3) is 3.25. The second kappa shape index (κ2) is 6.93. The Morgan fingerprint density at radius 2 is 1.88 bits per heavy atom. The first-order valence-electron chi connectivity index (χ1n) is 8.92. The van der Waals surface area contributed by atoms with Crippen LogP contribution in [0.3, 0.4) is 0 Å². The van der Waals surface area contributed by atoms with Crippen molar-refractivity contribution < 1.29 is 0 Å². The first-order valence-corrected chi connectivity index (χ1v) is 10.1. The summed E-state index contributed by atoms with van der Waals surface area (Å²) < 4.78 is 0. The molecule has 1 aromatic carbocycles. The van der Waals surface area contributed by atoms with E-state index in [-0.39, 0.29) is 0 Å². The molecular weight excluding hydrogens is 350 g/mol. The van der Waals surface area contributed by atoms with Crippen molar-refractivity contribution in [2.45, 2.75) is 52.1 Å². The second-order valence-electron chi connectivity index (χ2n) is 6.91. The molecule has 0 N–H and O–H groups in total. The van der Waals surface area contributed by atoms with E-state index in [0.29, 0.717) is 11.3 Å². The molecule has 3 nitrogen and oxygen atoms in total. The fraction of sp³-hybridized carbons (Fsp3) is 0.400. The summed E-state index contributed by atoms with van der Waals surface area (Å²) in [4.78, 5) is 14.1. The van der Waals surface area contributed by atoms with Gasteiger partial charge in [0.15, 0.2) is 0 Å². The van der Waals surface area contributed by atoms with Crippen LogP contribution in [-0.2, 0) is 19.4 Å². The van der Waals surface area contributed by atoms with Gasteiger partial charge in [0.05, 0.1) is 5.39 Å². The van der Waals surface area contributed by atoms with Gasteiger partial charge in [0, 0.05) is 17.5 Å². The molecule has 3 aromatic rings. The number of nitrogens with zero attached hydrogens (tertiary/aromatic N) is 3. The number of benzene rings is 1. The van der Waals surface area contributed by atoms with Gasteiger partial charge in [-0.1, -0.05) is 30.3 Å². The number of anilines is 1. The van der Waals surface area contributed by atoms with E-state index in [4.69, 9.17) is 11.6 Å². The molecule has 0 saturated heterocycles. The zero-order valence-corrected chi connectivity index (χ0v) is 16.2. The summed E-state index contributed by atoms with van der Waals surface area (Å²) in [6.07, 6.45) is 4.81. The van der Waals surface area contributed by atoms with E-state index >= 15 is 0 Å². The average Bonchev–Trinajstić information content (AvgIpc) is 2.97. The van der Waals surface area contributed by atoms with Crippen molar-refractivity contribution in [2.24, 2.45) is 0 Å². The van der Waals surface area contributed by atoms with Crippen molar-refractivity contribution in [3.8, 4) is 0 Å². The number of fused-ring (bicyclic) bond motifs is 3. The Hall–Kier alpha value is -1.65. The molecule has 0 bridgehead atoms. The van der Waals surface area contributed by atoms with Crippen LogP contribution in [0.1, 0.15) is 42.7 Å². The minimum Gasteiger partial charge on any atom is -0.349 e. The molecule has 0 fully saturated rings. The molecular formula is C20H22ClN3S. The van der Waals surface area contributed by atoms with Gasteiger partial charge in [-0.3, -0.25) is 0 Å². The average molecular weight is 372 g/mol. The second-order valence-corrected chi connectivity index (χ2v) is 8.34. The summed E-state index contributed by atoms with van der Waals surface area (Å²) in [5, 5.41) is 1.58. The normalized spacial score (nSPS) is 14.1. The highest BCUT2D eigenvalue weighted by atomic mass is 35.5. The standard InChI is InChI=1S/C20H22ClN3S/c1-13(2)24(12-14-8-4-3-5-9-14)18-17-15-10-6-7-11-16(15)25-19(17)23-20(21)22-18/h3-5,8-9,13H,6-7,10-12H2,1-2H3. The Morgan fingerprint density at radius 1 is 1.12 bits per heavy atom. The van der Waals surface area contributed by atoms with Crippen LogP contribution in [0.4, 0.5) is 5.82 Å². The lowest BCUT2D eigenvalue weighted by Crippen LogP contribution is -2.31. The van der Waals surface area contributed by atoms with Gasteiger partial charge in [-0.05, 0) is 62.3 Å². The monoisotopic (exact) mass is 371 g/mol. The highest BCUT2D eigenvalue weighted by Crippen LogP contribution is 2.41. The smallest absolute Gasteiger partial charge is 0.225 e. The van der Waals surface area contributed by atoms with Crippen LogP contribution in [0, 0.1) is 0 Å². The molecule has 0 aliphatic heterocycles. The quantitative estimate of drug-likeness (QED) is 0.556. The summed E-state index contributed by atoms with van der Waals surface area (Å²) in [6.45, 7) is 5.25. The maximum Gasteiger partial charge on any atom is 0.225 e. The highest BCUT2D eigenvalue weighted by Gasteiger charge is 2.24. The summed E-state index contributed by atoms with van der Waals surface area (Å²) in [5.41, 5.74) is 2.74. The highest BCUT2D eigenvalue weighted by molar-refractivity contribution is 7.19. The van der Waals surface area contributed by atoms with Gasteiger partial charge in [0.25, 0.3) is 0 Å². The van der Waals surface area contributed by atoms with Gasteiger partial charge in [-0.25, -0.2) is 4.98 Å². The molecule has 25 heavy (non-hydrogen) atoms. The molecule has 1 aliphatic carbocycles. The zero-order valence-electron chi connectivity index (χ0n) is 14.6. The first-order chi connectivity index (χ1) is 12.1. The summed E-state index contributed by atoms with van der Waals surface area (Å²) >= 11 is 8.10. The molecule has 4 rings (SSSR count). The van der Waals surface area contributed by atoms with E-state index in [2.05, 4.69) is 59.0 Å². The number of thiophene rings is 1. The molecule has 130 valence electrons. The topological polar surface area (TPSA) is 29.0 Å². The SMILES string of the molecule is CC(C)N(Cc1ccccc1)c1nc(Cl)nc2sc3c(c12)CCCC3. The molecule has 0 unspecified atom stereocenters. The number of aryl methyl sites for hydroxylation is 2. The van der Waals surface area contributed by atoms with Gasteiger partial charge in [0.2, 0.25) is 5.28 Å². The van der Waals surface area contributed by atoms with Crippen LogP contribution >= 0.6 is 22.9 Å². The van der Waals surface area contributed by atoms with E-state index in [1.54, 1.807) is 11.3 Å². The van der Waals surface area contributed by atoms with Gasteiger partial charge in [-0.15, -0.1) is 11.3 Å². The Bertz CT molecular complexity index is 889. The van der Waals surface area contributed by atoms with Crippen LogP contribution < -0.4 is 4.90 Å². The lowest BCUT2D eigenvalue weighted by atomic mass is 9.96. The fourth-order valence-corrected chi connectivity index (χ4v) is 5.07. The van der Waals surface area contributed by atoms with E-state index < -0.39 is 0 Å². The van der Waals surface area contributed by atoms with Crippen molar-refractivity contribution in [3.05, 3.63) is 51.6 Å². The Balaban J connectivity index is 1.86. The summed E-state index contributed by atoms with van der Waals surface area (Å²) in [6, 6.07) is 10.9. The lowest BCUT2D eigenvalue weighted by Gasteiger charge is -2.29. The number of halogens is 1. The largest absolute Gasteiger partial charge is 0.349 e. The van der Waals surface area contributed by atoms with Crippen LogP contribution in [0.5, 0.6) is 0 Å². The van der Waals surface area contributed by atoms with Gasteiger partial charge in [-0.2, -0.15) is 4.98 Å². The molecule has 2 heterocycles. The van der Waals surface area contributed by atoms with Crippen molar-refractivity contribution in [1.82, 2.24) is 9.97 Å². The molecule has 0 saturated carbocycles. The third-order valence-corrected chi connectivity index (χ3v) is 6.21. The predicted molar refractivity (Wildman–Crippen MR) is 107 cm³/mol. The minimum atomic E-state index is 0.327. The Morgan fingerprint density at radius 3 is 2.64 bits per heavy atom. The molecule has 1 aliphatic rings. The van der Waals surface area contributed by atoms with E-state index in [0.717, 1.165) is 30.0 Å². The summed E-state index contributed by atoms with van der Waals surface area (Å²) in [7, 11) is 0. The first kappa shape index (κ1) is 16.8. The number of aromatic nitrogens is 2. The molecule has 2 aromatic heterocycles. The maximum absolute atomic E-state index is 6.30. The van der Waals surface area contributed by atoms with Gasteiger partial charge < -0.3 is 4.90 Å². The van der Waals surface area contributed by atoms with Gasteiger partial charge >= 0.3 is 0 Å². The molecule has 0 amide bonds. The third-order valence-electron chi connectivity index (χ3n) is 4.86. The fourth-order valence-electron chi connectivity index (χ4n) is 3.60. The van der Waals surface area contributed by atoms with Crippen LogP contribution in [0.25, 0.3) is 10.2 Å². The van der Waals surface area contributed by atoms with Crippen molar-refractivity contribution in [2.75, 3.05) is 4.90 Å². The van der Waals surface area contributed by atoms with Gasteiger partial charge in [0.1, 0.15) is 10.6 Å². The lowest BCUT2D eigenvalue weighted by molar-refractivity contribution is 0.672. The van der Waals surface area contributed by atoms with Crippen LogP contribution in [0.15, 0.2) is 30.3 Å². The molecule has 0 spiro atoms. The molecule has 5 heteroatoms. The maximum atomic E-state index is 6.30. The van der Waals surface area contributed by atoms with E-state index in [9.17, 15) is 0 Å². The van der Waals surface area contributed by atoms with Crippen molar-refractivity contribution in [3.63, 3.8) is 0 Å². The number of hydrogen-bond acceptors (Lipinski definition) is 4. The van der Waals surface area contributed by atoms with E-state index in [1.165, 1.54) is 34.2 Å². The van der Waals surface area contributed by atoms with Crippen molar-refractivity contribution in [1.29, 1.82) is 0 Å². The Kier molecular flexibility index (Phi) is 4.65. The van der Waals surface area contributed by atoms with Crippen LogP contribution in [0.2, 0.25) is 5.28 Å². The van der Waals surface area contributed by atoms with E-state index in [1.807, 2.05) is 0 Å². The molecule has 0 atom stereocenters. The zero-order chi connectivity index (χ0) is 17.4. The number of rotatable bonds is 4. The minimum absolute atomic E-state index is 0.327. The molecule has 0 radical (unpaired) electrons. The Labute approximate surface area is 157 Å². The predicted octanol–water partition coefficient (Wildman–Crippen LogP) is 5.64. The summed E-state index contributed by atoms with van der Waals surface area (Å²) in [5.74, 6) is 0.994.